The summed E-state index contributed by atoms with van der Waals surface area (Å²) in [5.74, 6) is 0.223. The highest BCUT2D eigenvalue weighted by molar-refractivity contribution is 5.94. The molecule has 8 nitrogen and oxygen atoms in total. The van der Waals surface area contributed by atoms with Crippen molar-refractivity contribution in [2.75, 3.05) is 18.5 Å². The number of nitrogens with zero attached hydrogens (tertiary/aromatic N) is 4. The lowest BCUT2D eigenvalue weighted by molar-refractivity contribution is 0.0526. The molecule has 0 bridgehead atoms. The standard InChI is InChI=1S/C31H31N5O3/c1-4-21-15-23(30(37)39-5-2)17-24(16-21)33-31(38)36-14-12-27-26(19-36)28(25-11-7-6-9-20(25)3)35-29(34-27)22-10-8-13-32-18-22/h6-11,13,15-18H,4-5,12,14,19H2,1-3H3,(H,33,38). The van der Waals surface area contributed by atoms with Crippen LogP contribution in [0.15, 0.2) is 67.0 Å². The second kappa shape index (κ2) is 11.4. The summed E-state index contributed by atoms with van der Waals surface area (Å²) in [6.07, 6.45) is 4.82. The zero-order valence-corrected chi connectivity index (χ0v) is 22.4. The zero-order valence-electron chi connectivity index (χ0n) is 22.4. The lowest BCUT2D eigenvalue weighted by Crippen LogP contribution is -2.39. The van der Waals surface area contributed by atoms with Gasteiger partial charge in [0, 0.05) is 47.7 Å². The third-order valence-electron chi connectivity index (χ3n) is 6.83. The maximum atomic E-state index is 13.4. The maximum Gasteiger partial charge on any atom is 0.338 e. The number of aromatic nitrogens is 3. The number of hydrogen-bond acceptors (Lipinski definition) is 6. The number of anilines is 1. The molecule has 0 saturated carbocycles. The average molecular weight is 522 g/mol. The van der Waals surface area contributed by atoms with Gasteiger partial charge in [0.05, 0.1) is 30.1 Å². The van der Waals surface area contributed by atoms with Gasteiger partial charge in [-0.15, -0.1) is 0 Å². The van der Waals surface area contributed by atoms with Gasteiger partial charge >= 0.3 is 12.0 Å². The number of hydrogen-bond donors (Lipinski definition) is 1. The van der Waals surface area contributed by atoms with Crippen LogP contribution in [-0.4, -0.2) is 45.0 Å². The fraction of sp³-hybridized carbons (Fsp3) is 0.258. The Labute approximate surface area is 228 Å². The summed E-state index contributed by atoms with van der Waals surface area (Å²) in [7, 11) is 0. The van der Waals surface area contributed by atoms with Crippen molar-refractivity contribution in [3.8, 4) is 22.6 Å². The monoisotopic (exact) mass is 521 g/mol. The molecule has 3 heterocycles. The number of urea groups is 1. The van der Waals surface area contributed by atoms with E-state index in [2.05, 4.69) is 29.4 Å². The van der Waals surface area contributed by atoms with Crippen LogP contribution in [0.2, 0.25) is 0 Å². The van der Waals surface area contributed by atoms with Crippen molar-refractivity contribution >= 4 is 17.7 Å². The first-order chi connectivity index (χ1) is 19.0. The number of nitrogens with one attached hydrogen (secondary N) is 1. The molecule has 2 amide bonds. The third kappa shape index (κ3) is 5.65. The molecule has 0 atom stereocenters. The number of carbonyl (C=O) groups excluding carboxylic acids is 2. The Morgan fingerprint density at radius 3 is 2.64 bits per heavy atom. The van der Waals surface area contributed by atoms with Crippen molar-refractivity contribution in [1.29, 1.82) is 0 Å². The number of pyridine rings is 1. The summed E-state index contributed by atoms with van der Waals surface area (Å²) in [6, 6.07) is 17.0. The van der Waals surface area contributed by atoms with E-state index >= 15 is 0 Å². The van der Waals surface area contributed by atoms with E-state index in [-0.39, 0.29) is 12.6 Å². The molecule has 1 N–H and O–H groups in total. The van der Waals surface area contributed by atoms with Gasteiger partial charge in [-0.05, 0) is 61.7 Å². The van der Waals surface area contributed by atoms with E-state index < -0.39 is 5.97 Å². The number of carbonyl (C=O) groups is 2. The molecular weight excluding hydrogens is 490 g/mol. The Hall–Kier alpha value is -4.59. The van der Waals surface area contributed by atoms with Crippen LogP contribution in [0.3, 0.4) is 0 Å². The smallest absolute Gasteiger partial charge is 0.338 e. The Bertz CT molecular complexity index is 1520. The van der Waals surface area contributed by atoms with E-state index in [1.807, 2.05) is 37.3 Å². The molecular formula is C31H31N5O3. The predicted molar refractivity (Wildman–Crippen MR) is 150 cm³/mol. The Balaban J connectivity index is 1.47. The highest BCUT2D eigenvalue weighted by atomic mass is 16.5. The number of benzene rings is 2. The summed E-state index contributed by atoms with van der Waals surface area (Å²) in [5.41, 5.74) is 7.59. The SMILES string of the molecule is CCOC(=O)c1cc(CC)cc(NC(=O)N2CCc3nc(-c4cccnc4)nc(-c4ccccc4C)c3C2)c1. The summed E-state index contributed by atoms with van der Waals surface area (Å²) in [6.45, 7) is 7.00. The van der Waals surface area contributed by atoms with E-state index in [1.54, 1.807) is 36.4 Å². The Kier molecular flexibility index (Phi) is 7.63. The lowest BCUT2D eigenvalue weighted by atomic mass is 9.96. The zero-order chi connectivity index (χ0) is 27.4. The predicted octanol–water partition coefficient (Wildman–Crippen LogP) is 5.84. The molecule has 5 rings (SSSR count). The van der Waals surface area contributed by atoms with E-state index in [0.717, 1.165) is 45.6 Å². The van der Waals surface area contributed by atoms with Crippen molar-refractivity contribution in [1.82, 2.24) is 19.9 Å². The summed E-state index contributed by atoms with van der Waals surface area (Å²) < 4.78 is 5.17. The van der Waals surface area contributed by atoms with Gasteiger partial charge in [0.1, 0.15) is 0 Å². The summed E-state index contributed by atoms with van der Waals surface area (Å²) >= 11 is 0. The highest BCUT2D eigenvalue weighted by Gasteiger charge is 2.27. The van der Waals surface area contributed by atoms with Crippen molar-refractivity contribution in [2.45, 2.75) is 40.2 Å². The van der Waals surface area contributed by atoms with E-state index in [9.17, 15) is 9.59 Å². The molecule has 0 radical (unpaired) electrons. The van der Waals surface area contributed by atoms with Crippen LogP contribution >= 0.6 is 0 Å². The molecule has 0 unspecified atom stereocenters. The largest absolute Gasteiger partial charge is 0.462 e. The van der Waals surface area contributed by atoms with Gasteiger partial charge in [0.15, 0.2) is 5.82 Å². The Morgan fingerprint density at radius 2 is 1.90 bits per heavy atom. The first kappa shape index (κ1) is 26.0. The van der Waals surface area contributed by atoms with Gasteiger partial charge in [-0.3, -0.25) is 4.98 Å². The Morgan fingerprint density at radius 1 is 1.05 bits per heavy atom. The normalized spacial score (nSPS) is 12.5. The molecule has 1 aliphatic rings. The van der Waals surface area contributed by atoms with Crippen LogP contribution in [-0.2, 0) is 24.1 Å². The second-order valence-electron chi connectivity index (χ2n) is 9.47. The summed E-state index contributed by atoms with van der Waals surface area (Å²) in [5, 5.41) is 2.99. The van der Waals surface area contributed by atoms with Crippen molar-refractivity contribution in [3.63, 3.8) is 0 Å². The fourth-order valence-corrected chi connectivity index (χ4v) is 4.78. The van der Waals surface area contributed by atoms with Gasteiger partial charge in [-0.2, -0.15) is 0 Å². The van der Waals surface area contributed by atoms with Crippen LogP contribution in [0.25, 0.3) is 22.6 Å². The molecule has 4 aromatic rings. The number of aryl methyl sites for hydroxylation is 2. The highest BCUT2D eigenvalue weighted by Crippen LogP contribution is 2.32. The first-order valence-electron chi connectivity index (χ1n) is 13.2. The molecule has 2 aromatic carbocycles. The third-order valence-corrected chi connectivity index (χ3v) is 6.83. The summed E-state index contributed by atoms with van der Waals surface area (Å²) in [4.78, 5) is 41.7. The van der Waals surface area contributed by atoms with E-state index in [0.29, 0.717) is 36.6 Å². The van der Waals surface area contributed by atoms with E-state index in [1.165, 1.54) is 0 Å². The lowest BCUT2D eigenvalue weighted by Gasteiger charge is -2.30. The number of fused-ring (bicyclic) bond motifs is 1. The number of rotatable bonds is 6. The van der Waals surface area contributed by atoms with Crippen LogP contribution < -0.4 is 5.32 Å². The van der Waals surface area contributed by atoms with Gasteiger partial charge < -0.3 is 15.0 Å². The number of ether oxygens (including phenoxy) is 1. The molecule has 0 fully saturated rings. The van der Waals surface area contributed by atoms with Gasteiger partial charge in [0.25, 0.3) is 0 Å². The van der Waals surface area contributed by atoms with Crippen LogP contribution in [0, 0.1) is 6.92 Å². The minimum atomic E-state index is -0.403. The molecule has 0 spiro atoms. The van der Waals surface area contributed by atoms with Gasteiger partial charge in [0.2, 0.25) is 0 Å². The van der Waals surface area contributed by atoms with Crippen LogP contribution in [0.4, 0.5) is 10.5 Å². The van der Waals surface area contributed by atoms with Crippen LogP contribution in [0.5, 0.6) is 0 Å². The second-order valence-corrected chi connectivity index (χ2v) is 9.47. The van der Waals surface area contributed by atoms with Gasteiger partial charge in [-0.1, -0.05) is 31.2 Å². The van der Waals surface area contributed by atoms with Crippen molar-refractivity contribution in [2.24, 2.45) is 0 Å². The molecule has 0 saturated heterocycles. The average Bonchev–Trinajstić information content (AvgIpc) is 2.97. The van der Waals surface area contributed by atoms with Crippen molar-refractivity contribution in [3.05, 3.63) is 94.9 Å². The molecule has 8 heteroatoms. The number of amides is 2. The number of esters is 1. The minimum absolute atomic E-state index is 0.240. The molecule has 2 aromatic heterocycles. The van der Waals surface area contributed by atoms with Crippen LogP contribution in [0.1, 0.15) is 46.6 Å². The van der Waals surface area contributed by atoms with E-state index in [4.69, 9.17) is 14.7 Å². The molecule has 1 aliphatic heterocycles. The maximum absolute atomic E-state index is 13.4. The minimum Gasteiger partial charge on any atom is -0.462 e. The topological polar surface area (TPSA) is 97.3 Å². The molecule has 198 valence electrons. The van der Waals surface area contributed by atoms with Gasteiger partial charge in [-0.25, -0.2) is 19.6 Å². The van der Waals surface area contributed by atoms with Crippen molar-refractivity contribution < 1.29 is 14.3 Å². The molecule has 0 aliphatic carbocycles. The quantitative estimate of drug-likeness (QED) is 0.320. The first-order valence-corrected chi connectivity index (χ1v) is 13.2. The molecule has 39 heavy (non-hydrogen) atoms. The fourth-order valence-electron chi connectivity index (χ4n) is 4.78.